The second-order valence-corrected chi connectivity index (χ2v) is 6.79. The lowest BCUT2D eigenvalue weighted by atomic mass is 9.95. The summed E-state index contributed by atoms with van der Waals surface area (Å²) in [6.45, 7) is 6.22. The summed E-state index contributed by atoms with van der Waals surface area (Å²) in [5, 5.41) is 4.84. The molecule has 4 heteroatoms. The van der Waals surface area contributed by atoms with Crippen LogP contribution in [0.5, 0.6) is 0 Å². The summed E-state index contributed by atoms with van der Waals surface area (Å²) in [6.07, 6.45) is 1.06. The number of nitrogens with one attached hydrogen (secondary N) is 1. The summed E-state index contributed by atoms with van der Waals surface area (Å²) >= 11 is 12.6. The number of hydrogen-bond acceptors (Lipinski definition) is 2. The Morgan fingerprint density at radius 3 is 2.35 bits per heavy atom. The Labute approximate surface area is 148 Å². The monoisotopic (exact) mass is 348 g/mol. The van der Waals surface area contributed by atoms with Crippen LogP contribution in [0, 0.1) is 0 Å². The highest BCUT2D eigenvalue weighted by Crippen LogP contribution is 2.35. The van der Waals surface area contributed by atoms with Gasteiger partial charge in [-0.2, -0.15) is 0 Å². The highest BCUT2D eigenvalue weighted by Gasteiger charge is 2.25. The Bertz CT molecular complexity index is 649. The molecule has 1 unspecified atom stereocenters. The van der Waals surface area contributed by atoms with E-state index in [1.807, 2.05) is 12.1 Å². The van der Waals surface area contributed by atoms with Gasteiger partial charge in [-0.05, 0) is 35.2 Å². The van der Waals surface area contributed by atoms with Crippen LogP contribution in [0.2, 0.25) is 10.0 Å². The molecule has 1 aliphatic rings. The summed E-state index contributed by atoms with van der Waals surface area (Å²) < 4.78 is 0. The summed E-state index contributed by atoms with van der Waals surface area (Å²) in [6, 6.07) is 14.9. The standard InChI is InChI=1S/C19H22Cl2N2/c1-2-14-3-5-15(6-4-14)19(23-11-9-22-10-12-23)17-8-7-16(20)13-18(17)21/h3-8,13,19,22H,2,9-12H2,1H3. The Hall–Kier alpha value is -1.06. The van der Waals surface area contributed by atoms with E-state index in [1.165, 1.54) is 11.1 Å². The van der Waals surface area contributed by atoms with Gasteiger partial charge in [-0.15, -0.1) is 0 Å². The van der Waals surface area contributed by atoms with Gasteiger partial charge in [0.1, 0.15) is 0 Å². The number of benzene rings is 2. The lowest BCUT2D eigenvalue weighted by Crippen LogP contribution is -2.45. The average molecular weight is 349 g/mol. The summed E-state index contributed by atoms with van der Waals surface area (Å²) in [5.41, 5.74) is 3.77. The van der Waals surface area contributed by atoms with Crippen LogP contribution < -0.4 is 5.32 Å². The Morgan fingerprint density at radius 1 is 1.04 bits per heavy atom. The van der Waals surface area contributed by atoms with Crippen LogP contribution in [0.15, 0.2) is 42.5 Å². The Balaban J connectivity index is 2.01. The van der Waals surface area contributed by atoms with E-state index in [0.29, 0.717) is 5.02 Å². The average Bonchev–Trinajstić information content (AvgIpc) is 2.59. The summed E-state index contributed by atoms with van der Waals surface area (Å²) in [5.74, 6) is 0. The predicted octanol–water partition coefficient (Wildman–Crippen LogP) is 4.55. The van der Waals surface area contributed by atoms with Crippen molar-refractivity contribution in [3.05, 3.63) is 69.2 Å². The Kier molecular flexibility index (Phi) is 5.60. The van der Waals surface area contributed by atoms with E-state index >= 15 is 0 Å². The minimum Gasteiger partial charge on any atom is -0.314 e. The molecule has 1 aliphatic heterocycles. The molecule has 3 rings (SSSR count). The molecule has 0 aliphatic carbocycles. The lowest BCUT2D eigenvalue weighted by molar-refractivity contribution is 0.198. The van der Waals surface area contributed by atoms with Gasteiger partial charge in [0, 0.05) is 36.2 Å². The van der Waals surface area contributed by atoms with E-state index in [-0.39, 0.29) is 6.04 Å². The van der Waals surface area contributed by atoms with Crippen molar-refractivity contribution >= 4 is 23.2 Å². The van der Waals surface area contributed by atoms with Crippen LogP contribution >= 0.6 is 23.2 Å². The normalized spacial score (nSPS) is 17.2. The zero-order valence-corrected chi connectivity index (χ0v) is 14.9. The number of hydrogen-bond donors (Lipinski definition) is 1. The Morgan fingerprint density at radius 2 is 1.74 bits per heavy atom. The van der Waals surface area contributed by atoms with Crippen molar-refractivity contribution in [1.82, 2.24) is 10.2 Å². The number of rotatable bonds is 4. The zero-order valence-electron chi connectivity index (χ0n) is 13.4. The maximum absolute atomic E-state index is 6.53. The van der Waals surface area contributed by atoms with Crippen LogP contribution in [-0.2, 0) is 6.42 Å². The van der Waals surface area contributed by atoms with Gasteiger partial charge in [-0.1, -0.05) is 60.5 Å². The fourth-order valence-corrected chi connectivity index (χ4v) is 3.70. The van der Waals surface area contributed by atoms with Crippen molar-refractivity contribution in [3.8, 4) is 0 Å². The molecule has 1 N–H and O–H groups in total. The van der Waals surface area contributed by atoms with E-state index in [9.17, 15) is 0 Å². The van der Waals surface area contributed by atoms with Crippen molar-refractivity contribution in [2.24, 2.45) is 0 Å². The second-order valence-electron chi connectivity index (χ2n) is 5.95. The van der Waals surface area contributed by atoms with Gasteiger partial charge in [0.25, 0.3) is 0 Å². The van der Waals surface area contributed by atoms with Gasteiger partial charge in [0.15, 0.2) is 0 Å². The molecule has 23 heavy (non-hydrogen) atoms. The van der Waals surface area contributed by atoms with Crippen molar-refractivity contribution in [3.63, 3.8) is 0 Å². The lowest BCUT2D eigenvalue weighted by Gasteiger charge is -2.36. The first kappa shape index (κ1) is 16.8. The third-order valence-corrected chi connectivity index (χ3v) is 5.04. The van der Waals surface area contributed by atoms with Crippen LogP contribution in [0.3, 0.4) is 0 Å². The first-order valence-electron chi connectivity index (χ1n) is 8.17. The highest BCUT2D eigenvalue weighted by molar-refractivity contribution is 6.35. The summed E-state index contributed by atoms with van der Waals surface area (Å²) in [7, 11) is 0. The maximum Gasteiger partial charge on any atom is 0.0617 e. The van der Waals surface area contributed by atoms with E-state index in [2.05, 4.69) is 47.5 Å². The zero-order chi connectivity index (χ0) is 16.2. The number of halogens is 2. The fourth-order valence-electron chi connectivity index (χ4n) is 3.19. The molecule has 1 saturated heterocycles. The quantitative estimate of drug-likeness (QED) is 0.871. The van der Waals surface area contributed by atoms with Gasteiger partial charge >= 0.3 is 0 Å². The van der Waals surface area contributed by atoms with Crippen molar-refractivity contribution < 1.29 is 0 Å². The largest absolute Gasteiger partial charge is 0.314 e. The topological polar surface area (TPSA) is 15.3 Å². The van der Waals surface area contributed by atoms with Crippen molar-refractivity contribution in [1.29, 1.82) is 0 Å². The van der Waals surface area contributed by atoms with E-state index < -0.39 is 0 Å². The van der Waals surface area contributed by atoms with Crippen LogP contribution in [-0.4, -0.2) is 31.1 Å². The molecule has 0 amide bonds. The molecule has 0 bridgehead atoms. The smallest absolute Gasteiger partial charge is 0.0617 e. The van der Waals surface area contributed by atoms with Gasteiger partial charge in [0.05, 0.1) is 6.04 Å². The minimum absolute atomic E-state index is 0.174. The number of nitrogens with zero attached hydrogens (tertiary/aromatic N) is 1. The molecule has 2 aromatic rings. The number of aryl methyl sites for hydroxylation is 1. The molecule has 0 radical (unpaired) electrons. The van der Waals surface area contributed by atoms with Crippen LogP contribution in [0.25, 0.3) is 0 Å². The molecule has 2 aromatic carbocycles. The van der Waals surface area contributed by atoms with E-state index in [1.54, 1.807) is 0 Å². The third-order valence-electron chi connectivity index (χ3n) is 4.48. The van der Waals surface area contributed by atoms with Crippen molar-refractivity contribution in [2.45, 2.75) is 19.4 Å². The molecule has 122 valence electrons. The van der Waals surface area contributed by atoms with Gasteiger partial charge in [-0.25, -0.2) is 0 Å². The van der Waals surface area contributed by atoms with Crippen LogP contribution in [0.1, 0.15) is 29.7 Å². The molecule has 0 aromatic heterocycles. The third kappa shape index (κ3) is 3.89. The SMILES string of the molecule is CCc1ccc(C(c2ccc(Cl)cc2Cl)N2CCNCC2)cc1. The first-order chi connectivity index (χ1) is 11.2. The summed E-state index contributed by atoms with van der Waals surface area (Å²) in [4.78, 5) is 2.49. The molecule has 0 saturated carbocycles. The first-order valence-corrected chi connectivity index (χ1v) is 8.93. The molecule has 1 fully saturated rings. The fraction of sp³-hybridized carbons (Fsp3) is 0.368. The van der Waals surface area contributed by atoms with E-state index in [4.69, 9.17) is 23.2 Å². The van der Waals surface area contributed by atoms with Crippen molar-refractivity contribution in [2.75, 3.05) is 26.2 Å². The predicted molar refractivity (Wildman–Crippen MR) is 98.6 cm³/mol. The molecule has 1 heterocycles. The minimum atomic E-state index is 0.174. The molecule has 2 nitrogen and oxygen atoms in total. The van der Waals surface area contributed by atoms with Gasteiger partial charge < -0.3 is 5.32 Å². The van der Waals surface area contributed by atoms with Crippen LogP contribution in [0.4, 0.5) is 0 Å². The molecule has 0 spiro atoms. The van der Waals surface area contributed by atoms with Gasteiger partial charge in [-0.3, -0.25) is 4.90 Å². The second kappa shape index (κ2) is 7.67. The maximum atomic E-state index is 6.53. The molecular weight excluding hydrogens is 327 g/mol. The molecular formula is C19H22Cl2N2. The van der Waals surface area contributed by atoms with E-state index in [0.717, 1.165) is 43.2 Å². The highest BCUT2D eigenvalue weighted by atomic mass is 35.5. The van der Waals surface area contributed by atoms with Gasteiger partial charge in [0.2, 0.25) is 0 Å². The number of piperazine rings is 1. The molecule has 1 atom stereocenters.